The lowest BCUT2D eigenvalue weighted by Crippen LogP contribution is -2.28. The quantitative estimate of drug-likeness (QED) is 0.467. The average molecular weight is 440 g/mol. The Kier molecular flexibility index (Phi) is 5.03. The molecule has 0 bridgehead atoms. The second-order valence-corrected chi connectivity index (χ2v) is 8.72. The first kappa shape index (κ1) is 19.8. The van der Waals surface area contributed by atoms with Crippen LogP contribution in [0.5, 0.6) is 0 Å². The topological polar surface area (TPSA) is 83.8 Å². The maximum atomic E-state index is 14.3. The van der Waals surface area contributed by atoms with Gasteiger partial charge < -0.3 is 9.88 Å². The van der Waals surface area contributed by atoms with Gasteiger partial charge in [0.25, 0.3) is 5.91 Å². The summed E-state index contributed by atoms with van der Waals surface area (Å²) in [6.07, 6.45) is 3.46. The summed E-state index contributed by atoms with van der Waals surface area (Å²) in [6, 6.07) is 6.99. The average Bonchev–Trinajstić information content (AvgIpc) is 3.48. The molecule has 0 unspecified atom stereocenters. The number of fused-ring (bicyclic) bond motifs is 2. The van der Waals surface area contributed by atoms with Gasteiger partial charge in [-0.25, -0.2) is 8.70 Å². The molecule has 4 aromatic rings. The summed E-state index contributed by atoms with van der Waals surface area (Å²) in [5, 5.41) is 14.7. The van der Waals surface area contributed by atoms with Gasteiger partial charge in [-0.15, -0.1) is 0 Å². The largest absolute Gasteiger partial charge is 0.346 e. The summed E-state index contributed by atoms with van der Waals surface area (Å²) in [5.74, 6) is -0.620. The van der Waals surface area contributed by atoms with E-state index in [1.165, 1.54) is 11.8 Å². The van der Waals surface area contributed by atoms with Crippen LogP contribution < -0.4 is 5.32 Å². The molecule has 31 heavy (non-hydrogen) atoms. The predicted molar refractivity (Wildman–Crippen MR) is 116 cm³/mol. The third-order valence-corrected chi connectivity index (χ3v) is 6.93. The first-order valence-corrected chi connectivity index (χ1v) is 10.8. The van der Waals surface area contributed by atoms with Gasteiger partial charge in [-0.3, -0.25) is 14.6 Å². The van der Waals surface area contributed by atoms with Crippen molar-refractivity contribution in [1.29, 1.82) is 0 Å². The number of nitrogens with zero attached hydrogens (tertiary/aromatic N) is 5. The molecule has 1 aliphatic rings. The number of carbonyl (C=O) groups is 1. The zero-order valence-electron chi connectivity index (χ0n) is 17.2. The van der Waals surface area contributed by atoms with Crippen molar-refractivity contribution < 1.29 is 9.18 Å². The molecule has 0 fully saturated rings. The Labute approximate surface area is 182 Å². The van der Waals surface area contributed by atoms with Crippen molar-refractivity contribution in [1.82, 2.24) is 34.2 Å². The molecule has 0 saturated heterocycles. The number of H-pyrrole nitrogens is 1. The van der Waals surface area contributed by atoms with Gasteiger partial charge in [0, 0.05) is 47.9 Å². The van der Waals surface area contributed by atoms with Crippen LogP contribution in [0.25, 0.3) is 10.9 Å². The van der Waals surface area contributed by atoms with Crippen molar-refractivity contribution in [3.05, 3.63) is 65.1 Å². The molecule has 2 N–H and O–H groups in total. The number of aromatic amines is 1. The second-order valence-electron chi connectivity index (χ2n) is 7.58. The first-order chi connectivity index (χ1) is 15.0. The Morgan fingerprint density at radius 3 is 3.06 bits per heavy atom. The van der Waals surface area contributed by atoms with Crippen LogP contribution in [0.1, 0.15) is 27.4 Å². The van der Waals surface area contributed by atoms with Crippen molar-refractivity contribution in [3.63, 3.8) is 0 Å². The maximum absolute atomic E-state index is 14.3. The molecule has 1 amide bonds. The minimum atomic E-state index is -0.374. The van der Waals surface area contributed by atoms with Crippen LogP contribution in [0.15, 0.2) is 41.6 Å². The molecule has 0 aliphatic carbocycles. The fraction of sp³-hybridized carbons (Fsp3) is 0.286. The van der Waals surface area contributed by atoms with Gasteiger partial charge in [0.15, 0.2) is 0 Å². The van der Waals surface area contributed by atoms with Gasteiger partial charge in [0.1, 0.15) is 11.5 Å². The number of carbonyl (C=O) groups excluding carboxylic acids is 1. The van der Waals surface area contributed by atoms with Crippen molar-refractivity contribution in [2.24, 2.45) is 7.05 Å². The molecule has 0 atom stereocenters. The van der Waals surface area contributed by atoms with E-state index in [1.54, 1.807) is 24.2 Å². The molecule has 1 aromatic carbocycles. The number of hydrogen-bond donors (Lipinski definition) is 2. The highest BCUT2D eigenvalue weighted by molar-refractivity contribution is 7.97. The first-order valence-electron chi connectivity index (χ1n) is 10.00. The smallest absolute Gasteiger partial charge is 0.268 e. The Balaban J connectivity index is 1.31. The van der Waals surface area contributed by atoms with Crippen molar-refractivity contribution in [3.8, 4) is 0 Å². The number of hydrogen-bond acceptors (Lipinski definition) is 5. The van der Waals surface area contributed by atoms with Crippen LogP contribution in [0.2, 0.25) is 0 Å². The van der Waals surface area contributed by atoms with E-state index in [2.05, 4.69) is 24.9 Å². The molecule has 1 aliphatic heterocycles. The highest BCUT2D eigenvalue weighted by Crippen LogP contribution is 2.31. The van der Waals surface area contributed by atoms with Crippen molar-refractivity contribution >= 4 is 28.8 Å². The van der Waals surface area contributed by atoms with Gasteiger partial charge in [-0.1, -0.05) is 0 Å². The Morgan fingerprint density at radius 1 is 1.32 bits per heavy atom. The molecular weight excluding hydrogens is 417 g/mol. The van der Waals surface area contributed by atoms with Gasteiger partial charge >= 0.3 is 0 Å². The predicted octanol–water partition coefficient (Wildman–Crippen LogP) is 3.00. The Morgan fingerprint density at radius 2 is 2.19 bits per heavy atom. The highest BCUT2D eigenvalue weighted by atomic mass is 32.2. The monoisotopic (exact) mass is 439 g/mol. The maximum Gasteiger partial charge on any atom is 0.268 e. The summed E-state index contributed by atoms with van der Waals surface area (Å²) >= 11 is 1.65. The zero-order chi connectivity index (χ0) is 21.5. The molecule has 8 nitrogen and oxygen atoms in total. The van der Waals surface area contributed by atoms with E-state index >= 15 is 0 Å². The lowest BCUT2D eigenvalue weighted by Gasteiger charge is -2.26. The lowest BCUT2D eigenvalue weighted by atomic mass is 10.1. The fourth-order valence-electron chi connectivity index (χ4n) is 3.84. The van der Waals surface area contributed by atoms with E-state index in [1.807, 2.05) is 41.5 Å². The van der Waals surface area contributed by atoms with Crippen LogP contribution in [-0.2, 0) is 26.7 Å². The second kappa shape index (κ2) is 7.86. The van der Waals surface area contributed by atoms with E-state index in [9.17, 15) is 9.18 Å². The molecule has 5 rings (SSSR count). The Hall–Kier alpha value is -3.11. The SMILES string of the molecule is Cc1c(SN2CCn3nccc3C2)cc(C(=O)NCc2c(F)ccc3cn[nH]c23)n1C. The van der Waals surface area contributed by atoms with Crippen LogP contribution >= 0.6 is 11.9 Å². The molecule has 10 heteroatoms. The third kappa shape index (κ3) is 3.61. The molecule has 4 heterocycles. The fourth-order valence-corrected chi connectivity index (χ4v) is 4.92. The number of amides is 1. The van der Waals surface area contributed by atoms with Gasteiger partial charge in [0.2, 0.25) is 0 Å². The van der Waals surface area contributed by atoms with Crippen LogP contribution in [0.4, 0.5) is 4.39 Å². The van der Waals surface area contributed by atoms with E-state index in [-0.39, 0.29) is 18.3 Å². The van der Waals surface area contributed by atoms with E-state index < -0.39 is 0 Å². The summed E-state index contributed by atoms with van der Waals surface area (Å²) in [5.41, 5.74) is 3.73. The van der Waals surface area contributed by atoms with E-state index in [4.69, 9.17) is 0 Å². The van der Waals surface area contributed by atoms with Crippen LogP contribution in [-0.4, -0.2) is 41.3 Å². The number of aromatic nitrogens is 5. The summed E-state index contributed by atoms with van der Waals surface area (Å²) in [7, 11) is 1.87. The summed E-state index contributed by atoms with van der Waals surface area (Å²) in [6.45, 7) is 4.60. The minimum Gasteiger partial charge on any atom is -0.346 e. The van der Waals surface area contributed by atoms with E-state index in [0.717, 1.165) is 35.6 Å². The standard InChI is InChI=1S/C21H22FN7OS/c1-13-19(31-28-7-8-29-15(12-28)5-6-25-29)9-18(27(13)2)21(30)23-11-16-17(22)4-3-14-10-24-26-20(14)16/h3-6,9-10H,7-8,11-12H2,1-2H3,(H,23,30)(H,24,26). The third-order valence-electron chi connectivity index (χ3n) is 5.75. The molecule has 160 valence electrons. The van der Waals surface area contributed by atoms with Crippen molar-refractivity contribution in [2.75, 3.05) is 6.54 Å². The van der Waals surface area contributed by atoms with E-state index in [0.29, 0.717) is 16.8 Å². The van der Waals surface area contributed by atoms with Gasteiger partial charge in [-0.05, 0) is 43.1 Å². The van der Waals surface area contributed by atoms with Gasteiger partial charge in [-0.2, -0.15) is 10.2 Å². The highest BCUT2D eigenvalue weighted by Gasteiger charge is 2.22. The minimum absolute atomic E-state index is 0.0764. The molecule has 3 aromatic heterocycles. The number of halogens is 1. The summed E-state index contributed by atoms with van der Waals surface area (Å²) < 4.78 is 20.5. The Bertz CT molecular complexity index is 1270. The summed E-state index contributed by atoms with van der Waals surface area (Å²) in [4.78, 5) is 13.9. The molecule has 0 radical (unpaired) electrons. The number of rotatable bonds is 5. The zero-order valence-corrected chi connectivity index (χ0v) is 18.0. The normalized spacial score (nSPS) is 14.2. The van der Waals surface area contributed by atoms with Gasteiger partial charge in [0.05, 0.1) is 30.5 Å². The molecule has 0 saturated carbocycles. The molecule has 0 spiro atoms. The number of benzene rings is 1. The van der Waals surface area contributed by atoms with Crippen molar-refractivity contribution in [2.45, 2.75) is 31.5 Å². The number of nitrogens with one attached hydrogen (secondary N) is 2. The molecular formula is C21H22FN7OS. The lowest BCUT2D eigenvalue weighted by molar-refractivity contribution is 0.0942. The van der Waals surface area contributed by atoms with Crippen LogP contribution in [0.3, 0.4) is 0 Å². The van der Waals surface area contributed by atoms with Crippen LogP contribution in [0, 0.1) is 12.7 Å².